The van der Waals surface area contributed by atoms with Crippen molar-refractivity contribution in [2.24, 2.45) is 0 Å². The Balaban J connectivity index is 1.45. The fourth-order valence-corrected chi connectivity index (χ4v) is 5.27. The van der Waals surface area contributed by atoms with Gasteiger partial charge in [0.25, 0.3) is 0 Å². The van der Waals surface area contributed by atoms with Gasteiger partial charge in [-0.15, -0.1) is 0 Å². The average Bonchev–Trinajstić information content (AvgIpc) is 3.37. The van der Waals surface area contributed by atoms with Gasteiger partial charge < -0.3 is 4.90 Å². The van der Waals surface area contributed by atoms with E-state index in [1.807, 2.05) is 12.3 Å². The molecule has 4 heteroatoms. The summed E-state index contributed by atoms with van der Waals surface area (Å²) in [5.74, 6) is 1.94. The van der Waals surface area contributed by atoms with E-state index in [0.29, 0.717) is 11.9 Å². The lowest BCUT2D eigenvalue weighted by atomic mass is 9.91. The molecule has 2 aromatic heterocycles. The molecule has 2 atom stereocenters. The molecular weight excluding hydrogens is 392 g/mol. The van der Waals surface area contributed by atoms with Crippen LogP contribution in [0.3, 0.4) is 0 Å². The van der Waals surface area contributed by atoms with Crippen molar-refractivity contribution in [1.29, 1.82) is 0 Å². The maximum atomic E-state index is 5.11. The van der Waals surface area contributed by atoms with Crippen molar-refractivity contribution >= 4 is 33.3 Å². The lowest BCUT2D eigenvalue weighted by Crippen LogP contribution is -2.29. The number of hydrogen-bond acceptors (Lipinski definition) is 3. The van der Waals surface area contributed by atoms with Gasteiger partial charge in [0.2, 0.25) is 5.95 Å². The van der Waals surface area contributed by atoms with Crippen LogP contribution < -0.4 is 4.90 Å². The first-order chi connectivity index (χ1) is 15.9. The first-order valence-electron chi connectivity index (χ1n) is 10.9. The molecule has 3 aromatic carbocycles. The molecule has 1 aliphatic carbocycles. The van der Waals surface area contributed by atoms with Gasteiger partial charge in [-0.05, 0) is 29.8 Å². The van der Waals surface area contributed by atoms with Crippen molar-refractivity contribution in [2.45, 2.75) is 12.0 Å². The molecule has 0 bridgehead atoms. The van der Waals surface area contributed by atoms with Crippen LogP contribution in [0.4, 0.5) is 11.5 Å². The Bertz CT molecular complexity index is 1510. The lowest BCUT2D eigenvalue weighted by molar-refractivity contribution is 0.735. The Kier molecular flexibility index (Phi) is 3.64. The molecule has 3 heterocycles. The van der Waals surface area contributed by atoms with E-state index in [0.717, 1.165) is 16.9 Å². The second-order valence-corrected chi connectivity index (χ2v) is 8.30. The van der Waals surface area contributed by atoms with Crippen molar-refractivity contribution in [3.8, 4) is 5.95 Å². The third-order valence-electron chi connectivity index (χ3n) is 6.61. The lowest BCUT2D eigenvalue weighted by Gasteiger charge is -2.27. The van der Waals surface area contributed by atoms with E-state index < -0.39 is 0 Å². The van der Waals surface area contributed by atoms with Crippen LogP contribution in [0.5, 0.6) is 0 Å². The van der Waals surface area contributed by atoms with Gasteiger partial charge >= 0.3 is 0 Å². The van der Waals surface area contributed by atoms with Crippen LogP contribution in [-0.4, -0.2) is 20.6 Å². The molecule has 4 nitrogen and oxygen atoms in total. The number of fused-ring (bicyclic) bond motifs is 6. The second-order valence-electron chi connectivity index (χ2n) is 8.30. The fourth-order valence-electron chi connectivity index (χ4n) is 5.27. The van der Waals surface area contributed by atoms with Crippen LogP contribution in [0, 0.1) is 0 Å². The minimum Gasteiger partial charge on any atom is -0.318 e. The van der Waals surface area contributed by atoms with E-state index in [1.165, 1.54) is 22.0 Å². The molecule has 0 radical (unpaired) electrons. The number of nitrogens with zero attached hydrogens (tertiary/aromatic N) is 4. The minimum atomic E-state index is 0.221. The van der Waals surface area contributed by atoms with Crippen molar-refractivity contribution in [3.63, 3.8) is 0 Å². The highest BCUT2D eigenvalue weighted by atomic mass is 15.3. The first-order valence-corrected chi connectivity index (χ1v) is 10.9. The summed E-state index contributed by atoms with van der Waals surface area (Å²) < 4.78 is 2.17. The monoisotopic (exact) mass is 412 g/mol. The minimum absolute atomic E-state index is 0.221. The van der Waals surface area contributed by atoms with Crippen molar-refractivity contribution in [1.82, 2.24) is 14.5 Å². The molecule has 0 saturated carbocycles. The smallest absolute Gasteiger partial charge is 0.236 e. The summed E-state index contributed by atoms with van der Waals surface area (Å²) in [6.07, 6.45) is 10.7. The molecule has 152 valence electrons. The number of rotatable bonds is 2. The zero-order valence-electron chi connectivity index (χ0n) is 17.3. The summed E-state index contributed by atoms with van der Waals surface area (Å²) in [4.78, 5) is 12.2. The molecule has 1 aliphatic heterocycles. The van der Waals surface area contributed by atoms with Crippen molar-refractivity contribution < 1.29 is 0 Å². The topological polar surface area (TPSA) is 34.0 Å². The van der Waals surface area contributed by atoms with Gasteiger partial charge in [-0.1, -0.05) is 78.9 Å². The summed E-state index contributed by atoms with van der Waals surface area (Å²) in [5.41, 5.74) is 4.79. The molecule has 2 unspecified atom stereocenters. The molecule has 0 amide bonds. The highest BCUT2D eigenvalue weighted by Gasteiger charge is 2.37. The highest BCUT2D eigenvalue weighted by molar-refractivity contribution is 6.08. The van der Waals surface area contributed by atoms with Gasteiger partial charge in [0, 0.05) is 28.6 Å². The Morgan fingerprint density at radius 3 is 2.19 bits per heavy atom. The highest BCUT2D eigenvalue weighted by Crippen LogP contribution is 2.47. The van der Waals surface area contributed by atoms with Crippen molar-refractivity contribution in [3.05, 3.63) is 115 Å². The summed E-state index contributed by atoms with van der Waals surface area (Å²) in [6.45, 7) is 0. The number of para-hydroxylation sites is 3. The largest absolute Gasteiger partial charge is 0.318 e. The Hall–Kier alpha value is -4.18. The van der Waals surface area contributed by atoms with E-state index in [4.69, 9.17) is 9.97 Å². The molecule has 0 N–H and O–H groups in total. The number of hydrogen-bond donors (Lipinski definition) is 0. The number of benzene rings is 3. The van der Waals surface area contributed by atoms with Crippen LogP contribution in [0.1, 0.15) is 11.5 Å². The van der Waals surface area contributed by atoms with Gasteiger partial charge in [-0.25, -0.2) is 4.98 Å². The molecule has 2 aliphatic rings. The maximum Gasteiger partial charge on any atom is 0.236 e. The average molecular weight is 412 g/mol. The van der Waals surface area contributed by atoms with Crippen molar-refractivity contribution in [2.75, 3.05) is 4.90 Å². The molecule has 7 rings (SSSR count). The van der Waals surface area contributed by atoms with Gasteiger partial charge in [-0.3, -0.25) is 4.57 Å². The zero-order valence-corrected chi connectivity index (χ0v) is 17.3. The number of anilines is 2. The van der Waals surface area contributed by atoms with E-state index in [1.54, 1.807) is 0 Å². The molecule has 0 fully saturated rings. The van der Waals surface area contributed by atoms with Gasteiger partial charge in [0.05, 0.1) is 17.1 Å². The number of aromatic nitrogens is 3. The quantitative estimate of drug-likeness (QED) is 0.341. The summed E-state index contributed by atoms with van der Waals surface area (Å²) in [6, 6.07) is 27.8. The van der Waals surface area contributed by atoms with Gasteiger partial charge in [-0.2, -0.15) is 4.98 Å². The zero-order chi connectivity index (χ0) is 21.1. The van der Waals surface area contributed by atoms with E-state index >= 15 is 0 Å². The van der Waals surface area contributed by atoms with E-state index in [-0.39, 0.29) is 6.04 Å². The molecule has 5 aromatic rings. The predicted molar refractivity (Wildman–Crippen MR) is 130 cm³/mol. The third-order valence-corrected chi connectivity index (χ3v) is 6.61. The van der Waals surface area contributed by atoms with Gasteiger partial charge in [0.1, 0.15) is 5.82 Å². The van der Waals surface area contributed by atoms with E-state index in [2.05, 4.69) is 107 Å². The first kappa shape index (κ1) is 17.5. The van der Waals surface area contributed by atoms with Crippen LogP contribution in [0.15, 0.2) is 109 Å². The third kappa shape index (κ3) is 2.38. The molecule has 32 heavy (non-hydrogen) atoms. The van der Waals surface area contributed by atoms with E-state index in [9.17, 15) is 0 Å². The molecular formula is C28H20N4. The second kappa shape index (κ2) is 6.66. The van der Waals surface area contributed by atoms with Crippen LogP contribution in [0.2, 0.25) is 0 Å². The Morgan fingerprint density at radius 1 is 0.688 bits per heavy atom. The molecule has 0 saturated heterocycles. The summed E-state index contributed by atoms with van der Waals surface area (Å²) >= 11 is 0. The summed E-state index contributed by atoms with van der Waals surface area (Å²) in [5, 5.41) is 2.42. The fraction of sp³-hybridized carbons (Fsp3) is 0.0714. The standard InChI is InChI=1S/C28H20N4/c1-5-13-23-19(9-1)20-10-2-6-14-24(20)31(23)27-17-18-29-28(30-27)32-25-15-7-3-11-21(25)22-12-4-8-16-26(22)32/h1-19,23H. The Morgan fingerprint density at radius 2 is 1.38 bits per heavy atom. The Labute approximate surface area is 185 Å². The maximum absolute atomic E-state index is 5.11. The predicted octanol–water partition coefficient (Wildman–Crippen LogP) is 6.30. The number of allylic oxidation sites excluding steroid dienone is 2. The summed E-state index contributed by atoms with van der Waals surface area (Å²) in [7, 11) is 0. The van der Waals surface area contributed by atoms with Gasteiger partial charge in [0.15, 0.2) is 0 Å². The SMILES string of the molecule is C1=CC2c3ccccc3N(c3ccnc(-n4c5ccccc5c5ccccc54)n3)C2C=C1. The normalized spacial score (nSPS) is 18.9. The van der Waals surface area contributed by atoms with Crippen LogP contribution in [0.25, 0.3) is 27.8 Å². The molecule has 0 spiro atoms. The van der Waals surface area contributed by atoms with Crippen LogP contribution >= 0.6 is 0 Å². The van der Waals surface area contributed by atoms with Crippen LogP contribution in [-0.2, 0) is 0 Å².